The summed E-state index contributed by atoms with van der Waals surface area (Å²) in [6, 6.07) is 1.78. The molecule has 0 bridgehead atoms. The first-order chi connectivity index (χ1) is 9.78. The molecule has 1 aromatic rings. The largest absolute Gasteiger partial charge is 0.391 e. The topological polar surface area (TPSA) is 60.9 Å². The Hall–Kier alpha value is -1.09. The van der Waals surface area contributed by atoms with E-state index in [0.717, 1.165) is 12.1 Å². The van der Waals surface area contributed by atoms with Gasteiger partial charge in [0.05, 0.1) is 12.2 Å². The van der Waals surface area contributed by atoms with Gasteiger partial charge in [-0.05, 0) is 26.1 Å². The number of nitrogens with zero attached hydrogens (tertiary/aromatic N) is 2. The number of benzene rings is 1. The number of aliphatic hydroxyl groups excluding tert-OH is 1. The van der Waals surface area contributed by atoms with Crippen LogP contribution in [-0.2, 0) is 16.6 Å². The number of hydrogen-bond donors (Lipinski definition) is 1. The van der Waals surface area contributed by atoms with Crippen molar-refractivity contribution in [1.29, 1.82) is 0 Å². The molecule has 0 radical (unpaired) electrons. The van der Waals surface area contributed by atoms with Crippen LogP contribution in [0.15, 0.2) is 17.0 Å². The van der Waals surface area contributed by atoms with E-state index in [9.17, 15) is 17.2 Å². The summed E-state index contributed by atoms with van der Waals surface area (Å²) in [4.78, 5) is 1.41. The fourth-order valence-corrected chi connectivity index (χ4v) is 3.89. The minimum Gasteiger partial charge on any atom is -0.391 e. The second-order valence-electron chi connectivity index (χ2n) is 5.19. The number of sulfonamides is 1. The van der Waals surface area contributed by atoms with Crippen molar-refractivity contribution in [2.24, 2.45) is 0 Å². The zero-order valence-corrected chi connectivity index (χ0v) is 12.7. The molecule has 0 aliphatic carbocycles. The molecule has 1 saturated heterocycles. The van der Waals surface area contributed by atoms with Gasteiger partial charge >= 0.3 is 0 Å². The van der Waals surface area contributed by atoms with E-state index in [1.54, 1.807) is 0 Å². The molecule has 1 N–H and O–H groups in total. The van der Waals surface area contributed by atoms with Crippen LogP contribution in [0.5, 0.6) is 0 Å². The van der Waals surface area contributed by atoms with Crippen LogP contribution in [0, 0.1) is 11.6 Å². The molecule has 0 aromatic heterocycles. The maximum atomic E-state index is 14.1. The smallest absolute Gasteiger partial charge is 0.246 e. The molecule has 1 unspecified atom stereocenters. The second kappa shape index (κ2) is 5.96. The quantitative estimate of drug-likeness (QED) is 0.894. The van der Waals surface area contributed by atoms with E-state index < -0.39 is 38.7 Å². The van der Waals surface area contributed by atoms with Gasteiger partial charge < -0.3 is 10.0 Å². The summed E-state index contributed by atoms with van der Waals surface area (Å²) >= 11 is 0. The molecule has 1 aliphatic rings. The van der Waals surface area contributed by atoms with E-state index in [1.165, 1.54) is 4.31 Å². The van der Waals surface area contributed by atoms with Crippen molar-refractivity contribution in [2.45, 2.75) is 24.5 Å². The lowest BCUT2D eigenvalue weighted by molar-refractivity contribution is 0.159. The number of hydrogen-bond acceptors (Lipinski definition) is 4. The van der Waals surface area contributed by atoms with Gasteiger partial charge in [0.25, 0.3) is 0 Å². The van der Waals surface area contributed by atoms with Crippen LogP contribution in [0.4, 0.5) is 8.78 Å². The Morgan fingerprint density at radius 1 is 1.33 bits per heavy atom. The maximum Gasteiger partial charge on any atom is 0.246 e. The van der Waals surface area contributed by atoms with Crippen molar-refractivity contribution >= 4 is 10.0 Å². The molecule has 0 amide bonds. The van der Waals surface area contributed by atoms with Gasteiger partial charge in [0.2, 0.25) is 10.0 Å². The van der Waals surface area contributed by atoms with E-state index in [2.05, 4.69) is 0 Å². The summed E-state index contributed by atoms with van der Waals surface area (Å²) in [5.41, 5.74) is -0.627. The molecule has 2 rings (SSSR count). The molecule has 1 atom stereocenters. The van der Waals surface area contributed by atoms with Gasteiger partial charge in [-0.3, -0.25) is 0 Å². The summed E-state index contributed by atoms with van der Waals surface area (Å²) < 4.78 is 53.7. The summed E-state index contributed by atoms with van der Waals surface area (Å²) in [6.45, 7) is 2.01. The third kappa shape index (κ3) is 2.94. The van der Waals surface area contributed by atoms with Gasteiger partial charge in [0.1, 0.15) is 10.7 Å². The van der Waals surface area contributed by atoms with Crippen molar-refractivity contribution in [2.75, 3.05) is 26.7 Å². The van der Waals surface area contributed by atoms with Crippen LogP contribution in [0.3, 0.4) is 0 Å². The van der Waals surface area contributed by atoms with Crippen LogP contribution >= 0.6 is 0 Å². The van der Waals surface area contributed by atoms with E-state index in [0.29, 0.717) is 6.54 Å². The molecule has 1 aliphatic heterocycles. The average molecular weight is 320 g/mol. The van der Waals surface area contributed by atoms with Gasteiger partial charge in [-0.2, -0.15) is 4.31 Å². The lowest BCUT2D eigenvalue weighted by Crippen LogP contribution is -2.52. The van der Waals surface area contributed by atoms with Crippen LogP contribution in [0.25, 0.3) is 0 Å². The molecular weight excluding hydrogens is 302 g/mol. The zero-order valence-electron chi connectivity index (χ0n) is 11.9. The highest BCUT2D eigenvalue weighted by Crippen LogP contribution is 2.25. The Bertz CT molecular complexity index is 637. The molecule has 0 saturated carbocycles. The molecule has 0 spiro atoms. The molecule has 1 aromatic carbocycles. The van der Waals surface area contributed by atoms with Gasteiger partial charge in [-0.1, -0.05) is 0 Å². The maximum absolute atomic E-state index is 14.1. The van der Waals surface area contributed by atoms with Crippen molar-refractivity contribution in [3.05, 3.63) is 29.3 Å². The fraction of sp³-hybridized carbons (Fsp3) is 0.538. The third-order valence-electron chi connectivity index (χ3n) is 3.85. The van der Waals surface area contributed by atoms with Gasteiger partial charge in [0.15, 0.2) is 5.82 Å². The van der Waals surface area contributed by atoms with E-state index in [4.69, 9.17) is 5.11 Å². The minimum absolute atomic E-state index is 0.00865. The predicted molar refractivity (Wildman–Crippen MR) is 73.1 cm³/mol. The van der Waals surface area contributed by atoms with Crippen molar-refractivity contribution in [1.82, 2.24) is 9.21 Å². The lowest BCUT2D eigenvalue weighted by atomic mass is 10.2. The van der Waals surface area contributed by atoms with E-state index in [1.807, 2.05) is 18.9 Å². The van der Waals surface area contributed by atoms with Crippen molar-refractivity contribution in [3.8, 4) is 0 Å². The number of aliphatic hydroxyl groups is 1. The third-order valence-corrected chi connectivity index (χ3v) is 5.73. The Morgan fingerprint density at radius 3 is 2.57 bits per heavy atom. The van der Waals surface area contributed by atoms with E-state index in [-0.39, 0.29) is 19.1 Å². The lowest BCUT2D eigenvalue weighted by Gasteiger charge is -2.36. The highest BCUT2D eigenvalue weighted by atomic mass is 32.2. The fourth-order valence-electron chi connectivity index (χ4n) is 2.29. The molecular formula is C13H18F2N2O3S. The number of likely N-dealkylation sites (N-methyl/N-ethyl adjacent to an activating group) is 1. The molecule has 1 fully saturated rings. The highest BCUT2D eigenvalue weighted by molar-refractivity contribution is 7.89. The molecule has 21 heavy (non-hydrogen) atoms. The van der Waals surface area contributed by atoms with Crippen LogP contribution in [0.2, 0.25) is 0 Å². The first kappa shape index (κ1) is 16.3. The summed E-state index contributed by atoms with van der Waals surface area (Å²) in [5.74, 6) is -2.18. The Morgan fingerprint density at radius 2 is 2.00 bits per heavy atom. The van der Waals surface area contributed by atoms with Crippen LogP contribution in [0.1, 0.15) is 12.5 Å². The SMILES string of the molecule is CC1CN(S(=O)(=O)c2ccc(F)c(CO)c2F)CCN1C. The monoisotopic (exact) mass is 320 g/mol. The van der Waals surface area contributed by atoms with Crippen molar-refractivity contribution < 1.29 is 22.3 Å². The molecule has 5 nitrogen and oxygen atoms in total. The predicted octanol–water partition coefficient (Wildman–Crippen LogP) is 0.782. The zero-order chi connectivity index (χ0) is 15.8. The normalized spacial score (nSPS) is 21.7. The Kier molecular flexibility index (Phi) is 4.62. The standard InChI is InChI=1S/C13H18F2N2O3S/c1-9-7-17(6-5-16(9)2)21(19,20)12-4-3-11(14)10(8-18)13(12)15/h3-4,9,18H,5-8H2,1-2H3. The summed E-state index contributed by atoms with van der Waals surface area (Å²) in [7, 11) is -2.16. The number of piperazine rings is 1. The summed E-state index contributed by atoms with van der Waals surface area (Å²) in [5, 5.41) is 8.98. The molecule has 1 heterocycles. The van der Waals surface area contributed by atoms with Gasteiger partial charge in [0, 0.05) is 25.7 Å². The second-order valence-corrected chi connectivity index (χ2v) is 7.10. The Labute approximate surface area is 122 Å². The molecule has 118 valence electrons. The minimum atomic E-state index is -4.04. The highest BCUT2D eigenvalue weighted by Gasteiger charge is 2.33. The van der Waals surface area contributed by atoms with Crippen molar-refractivity contribution in [3.63, 3.8) is 0 Å². The van der Waals surface area contributed by atoms with Crippen LogP contribution < -0.4 is 0 Å². The molecule has 8 heteroatoms. The van der Waals surface area contributed by atoms with E-state index >= 15 is 0 Å². The average Bonchev–Trinajstić information content (AvgIpc) is 2.42. The number of rotatable bonds is 3. The first-order valence-electron chi connectivity index (χ1n) is 6.57. The summed E-state index contributed by atoms with van der Waals surface area (Å²) in [6.07, 6.45) is 0. The first-order valence-corrected chi connectivity index (χ1v) is 8.01. The van der Waals surface area contributed by atoms with Gasteiger partial charge in [-0.25, -0.2) is 17.2 Å². The Balaban J connectivity index is 2.41. The number of halogens is 2. The van der Waals surface area contributed by atoms with Gasteiger partial charge in [-0.15, -0.1) is 0 Å². The van der Waals surface area contributed by atoms with Crippen LogP contribution in [-0.4, -0.2) is 55.5 Å².